The van der Waals surface area contributed by atoms with Crippen molar-refractivity contribution < 1.29 is 4.79 Å². The van der Waals surface area contributed by atoms with Gasteiger partial charge in [0.1, 0.15) is 0 Å². The summed E-state index contributed by atoms with van der Waals surface area (Å²) in [6.07, 6.45) is 2.16. The van der Waals surface area contributed by atoms with E-state index in [-0.39, 0.29) is 5.91 Å². The molecule has 29 heavy (non-hydrogen) atoms. The van der Waals surface area contributed by atoms with Gasteiger partial charge in [-0.15, -0.1) is 0 Å². The Morgan fingerprint density at radius 3 is 2.48 bits per heavy atom. The van der Waals surface area contributed by atoms with Crippen LogP contribution in [0.25, 0.3) is 0 Å². The highest BCUT2D eigenvalue weighted by Gasteiger charge is 2.28. The van der Waals surface area contributed by atoms with Gasteiger partial charge in [-0.3, -0.25) is 14.7 Å². The van der Waals surface area contributed by atoms with Gasteiger partial charge in [0.05, 0.1) is 12.0 Å². The minimum atomic E-state index is -0.523. The second-order valence-electron chi connectivity index (χ2n) is 8.61. The number of carbonyl (C=O) groups excluding carboxylic acids is 1. The van der Waals surface area contributed by atoms with Crippen molar-refractivity contribution in [3.8, 4) is 0 Å². The van der Waals surface area contributed by atoms with Gasteiger partial charge in [0, 0.05) is 38.3 Å². The number of nitrogens with one attached hydrogen (secondary N) is 3. The largest absolute Gasteiger partial charge is 0.357 e. The molecule has 0 radical (unpaired) electrons. The van der Waals surface area contributed by atoms with Crippen LogP contribution in [0.15, 0.2) is 35.3 Å². The molecule has 1 amide bonds. The molecule has 3 N–H and O–H groups in total. The number of nitrogens with zero attached hydrogens (tertiary/aromatic N) is 2. The lowest BCUT2D eigenvalue weighted by atomic mass is 9.92. The molecule has 0 saturated carbocycles. The van der Waals surface area contributed by atoms with Crippen LogP contribution in [0.5, 0.6) is 0 Å². The highest BCUT2D eigenvalue weighted by atomic mass is 16.2. The van der Waals surface area contributed by atoms with Gasteiger partial charge in [-0.25, -0.2) is 0 Å². The maximum Gasteiger partial charge on any atom is 0.227 e. The second-order valence-corrected chi connectivity index (χ2v) is 8.61. The summed E-state index contributed by atoms with van der Waals surface area (Å²) in [5.41, 5.74) is 0.846. The molecule has 0 aliphatic carbocycles. The van der Waals surface area contributed by atoms with Gasteiger partial charge < -0.3 is 16.0 Å². The number of guanidine groups is 1. The van der Waals surface area contributed by atoms with Crippen LogP contribution in [0, 0.1) is 5.41 Å². The molecule has 6 heteroatoms. The molecule has 1 aromatic carbocycles. The number of benzene rings is 1. The van der Waals surface area contributed by atoms with E-state index in [0.29, 0.717) is 25.2 Å². The Morgan fingerprint density at radius 1 is 1.17 bits per heavy atom. The highest BCUT2D eigenvalue weighted by Crippen LogP contribution is 2.20. The predicted octanol–water partition coefficient (Wildman–Crippen LogP) is 2.76. The first-order valence-electron chi connectivity index (χ1n) is 11.0. The summed E-state index contributed by atoms with van der Waals surface area (Å²) in [6, 6.07) is 11.6. The molecular formula is C23H39N5O. The molecule has 0 bridgehead atoms. The molecule has 2 unspecified atom stereocenters. The molecule has 1 aliphatic heterocycles. The van der Waals surface area contributed by atoms with Gasteiger partial charge in [0.15, 0.2) is 5.96 Å². The molecular weight excluding hydrogens is 362 g/mol. The van der Waals surface area contributed by atoms with Crippen molar-refractivity contribution in [2.24, 2.45) is 10.4 Å². The quantitative estimate of drug-likeness (QED) is 0.463. The Hall–Kier alpha value is -2.08. The van der Waals surface area contributed by atoms with Crippen LogP contribution in [0.1, 0.15) is 53.0 Å². The molecule has 1 saturated heterocycles. The van der Waals surface area contributed by atoms with Crippen LogP contribution < -0.4 is 16.0 Å². The van der Waals surface area contributed by atoms with E-state index in [1.165, 1.54) is 5.56 Å². The second kappa shape index (κ2) is 11.2. The number of piperidine rings is 1. The van der Waals surface area contributed by atoms with E-state index in [4.69, 9.17) is 4.99 Å². The van der Waals surface area contributed by atoms with E-state index >= 15 is 0 Å². The lowest BCUT2D eigenvalue weighted by Crippen LogP contribution is -2.51. The molecule has 1 aliphatic rings. The highest BCUT2D eigenvalue weighted by molar-refractivity contribution is 5.83. The van der Waals surface area contributed by atoms with Crippen molar-refractivity contribution in [1.29, 1.82) is 0 Å². The molecule has 162 valence electrons. The van der Waals surface area contributed by atoms with Crippen molar-refractivity contribution in [3.05, 3.63) is 35.9 Å². The molecule has 1 fully saturated rings. The standard InChI is InChI=1S/C23H39N5O/c1-6-24-21(29)23(4,5)17-26-22(25-7-2)27-20-13-14-28(18(3)15-20)16-19-11-9-8-10-12-19/h8-12,18,20H,6-7,13-17H2,1-5H3,(H,24,29)(H2,25,26,27). The number of amides is 1. The zero-order valence-electron chi connectivity index (χ0n) is 18.8. The van der Waals surface area contributed by atoms with E-state index in [1.54, 1.807) is 0 Å². The first-order chi connectivity index (χ1) is 13.9. The number of carbonyl (C=O) groups is 1. The predicted molar refractivity (Wildman–Crippen MR) is 121 cm³/mol. The summed E-state index contributed by atoms with van der Waals surface area (Å²) in [6.45, 7) is 14.2. The van der Waals surface area contributed by atoms with Crippen molar-refractivity contribution in [2.45, 2.75) is 66.1 Å². The van der Waals surface area contributed by atoms with E-state index in [9.17, 15) is 4.79 Å². The Morgan fingerprint density at radius 2 is 1.86 bits per heavy atom. The molecule has 0 aromatic heterocycles. The van der Waals surface area contributed by atoms with Gasteiger partial charge in [-0.2, -0.15) is 0 Å². The third kappa shape index (κ3) is 7.35. The lowest BCUT2D eigenvalue weighted by Gasteiger charge is -2.38. The fourth-order valence-electron chi connectivity index (χ4n) is 3.67. The van der Waals surface area contributed by atoms with Crippen LogP contribution >= 0.6 is 0 Å². The topological polar surface area (TPSA) is 68.8 Å². The molecule has 6 nitrogen and oxygen atoms in total. The van der Waals surface area contributed by atoms with Gasteiger partial charge >= 0.3 is 0 Å². The van der Waals surface area contributed by atoms with Crippen molar-refractivity contribution in [3.63, 3.8) is 0 Å². The summed E-state index contributed by atoms with van der Waals surface area (Å²) in [7, 11) is 0. The molecule has 0 spiro atoms. The Labute approximate surface area is 176 Å². The molecule has 1 heterocycles. The third-order valence-electron chi connectivity index (χ3n) is 5.51. The summed E-state index contributed by atoms with van der Waals surface area (Å²) in [5.74, 6) is 0.848. The van der Waals surface area contributed by atoms with E-state index in [0.717, 1.165) is 38.4 Å². The number of hydrogen-bond donors (Lipinski definition) is 3. The van der Waals surface area contributed by atoms with Crippen molar-refractivity contribution >= 4 is 11.9 Å². The first kappa shape index (κ1) is 23.2. The zero-order chi connectivity index (χ0) is 21.3. The van der Waals surface area contributed by atoms with Gasteiger partial charge in [-0.05, 0) is 53.0 Å². The SMILES string of the molecule is CCNC(=O)C(C)(C)CN=C(NCC)NC1CCN(Cc2ccccc2)C(C)C1. The van der Waals surface area contributed by atoms with Crippen molar-refractivity contribution in [2.75, 3.05) is 26.2 Å². The van der Waals surface area contributed by atoms with Crippen LogP contribution in [0.4, 0.5) is 0 Å². The third-order valence-corrected chi connectivity index (χ3v) is 5.51. The fraction of sp³-hybridized carbons (Fsp3) is 0.652. The summed E-state index contributed by atoms with van der Waals surface area (Å²) in [4.78, 5) is 19.5. The normalized spacial score (nSPS) is 20.9. The number of rotatable bonds is 8. The van der Waals surface area contributed by atoms with E-state index < -0.39 is 5.41 Å². The van der Waals surface area contributed by atoms with Crippen LogP contribution in [-0.2, 0) is 11.3 Å². The average Bonchev–Trinajstić information content (AvgIpc) is 2.69. The summed E-state index contributed by atoms with van der Waals surface area (Å²) in [5, 5.41) is 9.83. The van der Waals surface area contributed by atoms with Gasteiger partial charge in [-0.1, -0.05) is 30.3 Å². The fourth-order valence-corrected chi connectivity index (χ4v) is 3.67. The zero-order valence-corrected chi connectivity index (χ0v) is 18.8. The Balaban J connectivity index is 1.91. The monoisotopic (exact) mass is 401 g/mol. The summed E-state index contributed by atoms with van der Waals surface area (Å²) >= 11 is 0. The number of aliphatic imine (C=N–C) groups is 1. The van der Waals surface area contributed by atoms with Crippen LogP contribution in [0.2, 0.25) is 0 Å². The van der Waals surface area contributed by atoms with Crippen LogP contribution in [0.3, 0.4) is 0 Å². The minimum Gasteiger partial charge on any atom is -0.357 e. The first-order valence-corrected chi connectivity index (χ1v) is 11.0. The Kier molecular flexibility index (Phi) is 8.96. The summed E-state index contributed by atoms with van der Waals surface area (Å²) < 4.78 is 0. The lowest BCUT2D eigenvalue weighted by molar-refractivity contribution is -0.128. The number of hydrogen-bond acceptors (Lipinski definition) is 3. The number of likely N-dealkylation sites (tertiary alicyclic amines) is 1. The average molecular weight is 402 g/mol. The molecule has 2 atom stereocenters. The van der Waals surface area contributed by atoms with Crippen molar-refractivity contribution in [1.82, 2.24) is 20.9 Å². The smallest absolute Gasteiger partial charge is 0.227 e. The van der Waals surface area contributed by atoms with Gasteiger partial charge in [0.25, 0.3) is 0 Å². The maximum atomic E-state index is 12.2. The molecule has 1 aromatic rings. The minimum absolute atomic E-state index is 0.0439. The Bertz CT molecular complexity index is 658. The van der Waals surface area contributed by atoms with Gasteiger partial charge in [0.2, 0.25) is 5.91 Å². The van der Waals surface area contributed by atoms with Crippen LogP contribution in [-0.4, -0.2) is 55.0 Å². The van der Waals surface area contributed by atoms with E-state index in [1.807, 2.05) is 20.8 Å². The molecule has 2 rings (SSSR count). The maximum absolute atomic E-state index is 12.2. The van der Waals surface area contributed by atoms with E-state index in [2.05, 4.69) is 65.0 Å².